The number of carbonyl (C=O) groups excluding carboxylic acids is 1. The van der Waals surface area contributed by atoms with E-state index in [1.165, 1.54) is 12.1 Å². The highest BCUT2D eigenvalue weighted by molar-refractivity contribution is 7.86. The van der Waals surface area contributed by atoms with Gasteiger partial charge >= 0.3 is 0 Å². The fourth-order valence-corrected chi connectivity index (χ4v) is 3.84. The Balaban J connectivity index is 2.34. The highest BCUT2D eigenvalue weighted by Gasteiger charge is 2.49. The van der Waals surface area contributed by atoms with Gasteiger partial charge in [-0.2, -0.15) is 8.42 Å². The lowest BCUT2D eigenvalue weighted by atomic mass is 9.64. The number of ketones is 1. The predicted molar refractivity (Wildman–Crippen MR) is 85.0 cm³/mol. The van der Waals surface area contributed by atoms with E-state index in [1.807, 2.05) is 34.6 Å². The van der Waals surface area contributed by atoms with Crippen molar-refractivity contribution >= 4 is 15.9 Å². The Hall–Kier alpha value is -1.20. The van der Waals surface area contributed by atoms with Crippen LogP contribution in [0, 0.1) is 17.8 Å². The monoisotopic (exact) mass is 324 g/mol. The Morgan fingerprint density at radius 3 is 2.14 bits per heavy atom. The molecule has 5 heteroatoms. The third-order valence-electron chi connectivity index (χ3n) is 4.54. The summed E-state index contributed by atoms with van der Waals surface area (Å²) < 4.78 is 30.4. The Kier molecular flexibility index (Phi) is 4.26. The van der Waals surface area contributed by atoms with Crippen molar-refractivity contribution in [2.75, 3.05) is 0 Å². The van der Waals surface area contributed by atoms with Crippen molar-refractivity contribution < 1.29 is 17.4 Å². The molecule has 1 aliphatic carbocycles. The minimum Gasteiger partial charge on any atom is -0.296 e. The summed E-state index contributed by atoms with van der Waals surface area (Å²) in [4.78, 5) is 12.7. The summed E-state index contributed by atoms with van der Waals surface area (Å²) in [5.74, 6) is -0.139. The van der Waals surface area contributed by atoms with Crippen LogP contribution in [0.3, 0.4) is 0 Å². The normalized spacial score (nSPS) is 24.2. The zero-order valence-corrected chi connectivity index (χ0v) is 14.7. The lowest BCUT2D eigenvalue weighted by molar-refractivity contribution is -0.145. The first-order valence-electron chi connectivity index (χ1n) is 7.50. The van der Waals surface area contributed by atoms with E-state index in [4.69, 9.17) is 4.18 Å². The van der Waals surface area contributed by atoms with Crippen LogP contribution in [0.5, 0.6) is 0 Å². The first-order valence-corrected chi connectivity index (χ1v) is 8.91. The van der Waals surface area contributed by atoms with Crippen molar-refractivity contribution in [1.82, 2.24) is 0 Å². The maximum Gasteiger partial charge on any atom is 0.297 e. The number of hydrogen-bond donors (Lipinski definition) is 0. The molecule has 0 aliphatic heterocycles. The van der Waals surface area contributed by atoms with Gasteiger partial charge in [-0.05, 0) is 37.3 Å². The van der Waals surface area contributed by atoms with Crippen LogP contribution in [0.1, 0.15) is 46.1 Å². The molecule has 1 saturated carbocycles. The maximum absolute atomic E-state index is 12.6. The van der Waals surface area contributed by atoms with E-state index >= 15 is 0 Å². The van der Waals surface area contributed by atoms with Gasteiger partial charge in [-0.25, -0.2) is 0 Å². The molecule has 2 rings (SSSR count). The second kappa shape index (κ2) is 5.46. The SMILES string of the molecule is Cc1ccc(S(=O)(=O)O[C@@H]2C(=O)C(C)(C)CCC2(C)C)cc1. The second-order valence-corrected chi connectivity index (χ2v) is 9.05. The van der Waals surface area contributed by atoms with Gasteiger partial charge in [0.05, 0.1) is 4.90 Å². The molecule has 0 bridgehead atoms. The number of hydrogen-bond acceptors (Lipinski definition) is 4. The van der Waals surface area contributed by atoms with Gasteiger partial charge in [-0.3, -0.25) is 8.98 Å². The number of Topliss-reactive ketones (excluding diaryl/α,β-unsaturated/α-hetero) is 1. The molecule has 4 nitrogen and oxygen atoms in total. The molecule has 0 saturated heterocycles. The van der Waals surface area contributed by atoms with Gasteiger partial charge in [0.2, 0.25) is 0 Å². The fraction of sp³-hybridized carbons (Fsp3) is 0.588. The van der Waals surface area contributed by atoms with Crippen molar-refractivity contribution in [2.45, 2.75) is 58.5 Å². The largest absolute Gasteiger partial charge is 0.297 e. The van der Waals surface area contributed by atoms with Crippen molar-refractivity contribution in [3.63, 3.8) is 0 Å². The lowest BCUT2D eigenvalue weighted by Gasteiger charge is -2.43. The third kappa shape index (κ3) is 3.25. The molecule has 0 N–H and O–H groups in total. The van der Waals surface area contributed by atoms with Crippen LogP contribution in [-0.2, 0) is 19.1 Å². The van der Waals surface area contributed by atoms with Gasteiger partial charge in [-0.15, -0.1) is 0 Å². The number of aryl methyl sites for hydroxylation is 1. The van der Waals surface area contributed by atoms with Gasteiger partial charge in [0, 0.05) is 5.41 Å². The molecule has 0 unspecified atom stereocenters. The molecule has 22 heavy (non-hydrogen) atoms. The highest BCUT2D eigenvalue weighted by atomic mass is 32.2. The van der Waals surface area contributed by atoms with E-state index in [1.54, 1.807) is 12.1 Å². The zero-order chi connectivity index (χ0) is 16.8. The molecule has 1 aromatic carbocycles. The molecule has 0 aromatic heterocycles. The Labute approximate surface area is 133 Å². The maximum atomic E-state index is 12.6. The molecular formula is C17H24O4S. The molecule has 122 valence electrons. The molecule has 0 heterocycles. The topological polar surface area (TPSA) is 60.4 Å². The van der Waals surface area contributed by atoms with Crippen molar-refractivity contribution in [3.8, 4) is 0 Å². The number of carbonyl (C=O) groups is 1. The third-order valence-corrected chi connectivity index (χ3v) is 5.84. The van der Waals surface area contributed by atoms with Crippen molar-refractivity contribution in [3.05, 3.63) is 29.8 Å². The second-order valence-electron chi connectivity index (χ2n) is 7.48. The molecule has 1 atom stereocenters. The predicted octanol–water partition coefficient (Wildman–Crippen LogP) is 3.48. The molecule has 0 radical (unpaired) electrons. The van der Waals surface area contributed by atoms with E-state index in [2.05, 4.69) is 0 Å². The zero-order valence-electron chi connectivity index (χ0n) is 13.8. The van der Waals surface area contributed by atoms with Crippen LogP contribution in [0.4, 0.5) is 0 Å². The Bertz CT molecular complexity index is 669. The summed E-state index contributed by atoms with van der Waals surface area (Å²) in [7, 11) is -3.95. The fourth-order valence-electron chi connectivity index (χ4n) is 2.66. The van der Waals surface area contributed by atoms with E-state index in [0.29, 0.717) is 0 Å². The Morgan fingerprint density at radius 2 is 1.59 bits per heavy atom. The molecular weight excluding hydrogens is 300 g/mol. The van der Waals surface area contributed by atoms with E-state index in [0.717, 1.165) is 18.4 Å². The standard InChI is InChI=1S/C17H24O4S/c1-12-6-8-13(9-7-12)22(19,20)21-15-14(18)16(2,3)10-11-17(15,4)5/h6-9,15H,10-11H2,1-5H3/t15-/m1/s1. The van der Waals surface area contributed by atoms with Crippen LogP contribution in [0.25, 0.3) is 0 Å². The van der Waals surface area contributed by atoms with Gasteiger partial charge in [0.1, 0.15) is 6.10 Å². The van der Waals surface area contributed by atoms with Crippen molar-refractivity contribution in [2.24, 2.45) is 10.8 Å². The van der Waals surface area contributed by atoms with Gasteiger partial charge in [-0.1, -0.05) is 45.4 Å². The van der Waals surface area contributed by atoms with E-state index < -0.39 is 27.1 Å². The first kappa shape index (κ1) is 17.2. The van der Waals surface area contributed by atoms with Crippen LogP contribution < -0.4 is 0 Å². The highest BCUT2D eigenvalue weighted by Crippen LogP contribution is 2.44. The molecule has 1 aromatic rings. The van der Waals surface area contributed by atoms with Gasteiger partial charge < -0.3 is 0 Å². The molecule has 0 spiro atoms. The first-order chi connectivity index (χ1) is 9.96. The average Bonchev–Trinajstić information content (AvgIpc) is 2.41. The smallest absolute Gasteiger partial charge is 0.296 e. The van der Waals surface area contributed by atoms with Crippen LogP contribution in [-0.4, -0.2) is 20.3 Å². The molecule has 1 aliphatic rings. The van der Waals surface area contributed by atoms with Crippen LogP contribution in [0.15, 0.2) is 29.2 Å². The number of benzene rings is 1. The summed E-state index contributed by atoms with van der Waals surface area (Å²) in [5, 5.41) is 0. The number of rotatable bonds is 3. The van der Waals surface area contributed by atoms with Gasteiger partial charge in [0.25, 0.3) is 10.1 Å². The van der Waals surface area contributed by atoms with E-state index in [9.17, 15) is 13.2 Å². The van der Waals surface area contributed by atoms with Crippen LogP contribution >= 0.6 is 0 Å². The summed E-state index contributed by atoms with van der Waals surface area (Å²) in [6, 6.07) is 6.45. The Morgan fingerprint density at radius 1 is 1.05 bits per heavy atom. The van der Waals surface area contributed by atoms with Crippen LogP contribution in [0.2, 0.25) is 0 Å². The van der Waals surface area contributed by atoms with Gasteiger partial charge in [0.15, 0.2) is 5.78 Å². The quantitative estimate of drug-likeness (QED) is 0.799. The summed E-state index contributed by atoms with van der Waals surface area (Å²) in [5.41, 5.74) is -0.0814. The van der Waals surface area contributed by atoms with Crippen molar-refractivity contribution in [1.29, 1.82) is 0 Å². The average molecular weight is 324 g/mol. The summed E-state index contributed by atoms with van der Waals surface area (Å²) in [6.07, 6.45) is 0.547. The summed E-state index contributed by atoms with van der Waals surface area (Å²) >= 11 is 0. The minimum atomic E-state index is -3.95. The molecule has 0 amide bonds. The summed E-state index contributed by atoms with van der Waals surface area (Å²) in [6.45, 7) is 9.34. The van der Waals surface area contributed by atoms with E-state index in [-0.39, 0.29) is 10.7 Å². The molecule has 1 fully saturated rings. The lowest BCUT2D eigenvalue weighted by Crippen LogP contribution is -2.50. The minimum absolute atomic E-state index is 0.0880.